The van der Waals surface area contributed by atoms with Gasteiger partial charge in [-0.25, -0.2) is 4.79 Å². The Morgan fingerprint density at radius 3 is 2.88 bits per heavy atom. The number of nitrogens with zero attached hydrogens (tertiary/aromatic N) is 4. The Kier molecular flexibility index (Phi) is 5.81. The number of hydrogen-bond acceptors (Lipinski definition) is 5. The summed E-state index contributed by atoms with van der Waals surface area (Å²) >= 11 is 0. The first-order chi connectivity index (χ1) is 11.5. The van der Waals surface area contributed by atoms with Crippen molar-refractivity contribution in [1.82, 2.24) is 5.16 Å². The van der Waals surface area contributed by atoms with Crippen LogP contribution in [0.5, 0.6) is 5.75 Å². The highest BCUT2D eigenvalue weighted by molar-refractivity contribution is 5.88. The molecule has 24 heavy (non-hydrogen) atoms. The van der Waals surface area contributed by atoms with E-state index in [2.05, 4.69) is 15.2 Å². The van der Waals surface area contributed by atoms with Crippen molar-refractivity contribution in [3.63, 3.8) is 0 Å². The van der Waals surface area contributed by atoms with Gasteiger partial charge in [0.2, 0.25) is 0 Å². The molecule has 0 bridgehead atoms. The van der Waals surface area contributed by atoms with Crippen LogP contribution >= 0.6 is 0 Å². The molecule has 1 heterocycles. The minimum absolute atomic E-state index is 0.193. The van der Waals surface area contributed by atoms with Crippen LogP contribution in [0.4, 0.5) is 0 Å². The molecule has 0 saturated carbocycles. The van der Waals surface area contributed by atoms with Crippen LogP contribution in [0.2, 0.25) is 0 Å². The molecular formula is C16H18N4O4. The molecule has 2 aromatic rings. The van der Waals surface area contributed by atoms with E-state index in [4.69, 9.17) is 19.9 Å². The number of aryl methyl sites for hydroxylation is 3. The van der Waals surface area contributed by atoms with Crippen molar-refractivity contribution in [3.05, 3.63) is 56.8 Å². The van der Waals surface area contributed by atoms with Crippen LogP contribution < -0.4 is 4.74 Å². The van der Waals surface area contributed by atoms with Gasteiger partial charge in [-0.2, -0.15) is 0 Å². The van der Waals surface area contributed by atoms with Gasteiger partial charge in [0.15, 0.2) is 0 Å². The third-order valence-corrected chi connectivity index (χ3v) is 3.63. The average molecular weight is 330 g/mol. The molecule has 8 nitrogen and oxygen atoms in total. The lowest BCUT2D eigenvalue weighted by Gasteiger charge is -2.12. The quantitative estimate of drug-likeness (QED) is 0.341. The Labute approximate surface area is 138 Å². The molecule has 0 fully saturated rings. The highest BCUT2D eigenvalue weighted by Gasteiger charge is 2.13. The van der Waals surface area contributed by atoms with E-state index in [1.807, 2.05) is 13.8 Å². The minimum atomic E-state index is -0.997. The lowest BCUT2D eigenvalue weighted by Crippen LogP contribution is -2.04. The summed E-state index contributed by atoms with van der Waals surface area (Å²) < 4.78 is 10.9. The van der Waals surface area contributed by atoms with Gasteiger partial charge in [-0.05, 0) is 56.0 Å². The number of ether oxygens (including phenoxy) is 1. The zero-order valence-corrected chi connectivity index (χ0v) is 13.5. The standard InChI is InChI=1S/C16H18N4O4/c1-10-14(11(2)24-19-10)9-23-15-6-5-13(16(21)22)8-12(15)4-3-7-18-20-17/h5-6,8H,3-4,7,9H2,1-2H3,(H,21,22). The molecule has 0 aliphatic rings. The fourth-order valence-corrected chi connectivity index (χ4v) is 2.29. The van der Waals surface area contributed by atoms with Crippen LogP contribution in [0, 0.1) is 13.8 Å². The maximum absolute atomic E-state index is 11.1. The average Bonchev–Trinajstić information content (AvgIpc) is 2.88. The predicted octanol–water partition coefficient (Wildman–Crippen LogP) is 3.81. The highest BCUT2D eigenvalue weighted by atomic mass is 16.5. The predicted molar refractivity (Wildman–Crippen MR) is 86.0 cm³/mol. The molecule has 0 atom stereocenters. The number of benzene rings is 1. The molecule has 0 amide bonds. The van der Waals surface area contributed by atoms with Crippen molar-refractivity contribution in [2.45, 2.75) is 33.3 Å². The smallest absolute Gasteiger partial charge is 0.335 e. The third kappa shape index (κ3) is 4.27. The van der Waals surface area contributed by atoms with Gasteiger partial charge in [0.1, 0.15) is 18.1 Å². The van der Waals surface area contributed by atoms with Crippen LogP contribution in [0.25, 0.3) is 10.4 Å². The van der Waals surface area contributed by atoms with Gasteiger partial charge < -0.3 is 14.4 Å². The van der Waals surface area contributed by atoms with Crippen molar-refractivity contribution < 1.29 is 19.2 Å². The Balaban J connectivity index is 2.17. The molecule has 1 aromatic heterocycles. The van der Waals surface area contributed by atoms with E-state index in [0.717, 1.165) is 16.8 Å². The van der Waals surface area contributed by atoms with Gasteiger partial charge in [0.25, 0.3) is 0 Å². The lowest BCUT2D eigenvalue weighted by molar-refractivity contribution is 0.0696. The maximum Gasteiger partial charge on any atom is 0.335 e. The number of hydrogen-bond donors (Lipinski definition) is 1. The number of aromatic nitrogens is 1. The van der Waals surface area contributed by atoms with Crippen LogP contribution in [0.3, 0.4) is 0 Å². The summed E-state index contributed by atoms with van der Waals surface area (Å²) in [6.07, 6.45) is 1.16. The second kappa shape index (κ2) is 8.03. The molecule has 0 aliphatic heterocycles. The molecule has 0 saturated heterocycles. The largest absolute Gasteiger partial charge is 0.488 e. The molecule has 0 unspecified atom stereocenters. The zero-order chi connectivity index (χ0) is 17.5. The van der Waals surface area contributed by atoms with Gasteiger partial charge in [-0.1, -0.05) is 10.3 Å². The Hall–Kier alpha value is -2.99. The summed E-state index contributed by atoms with van der Waals surface area (Å²) in [6, 6.07) is 4.73. The topological polar surface area (TPSA) is 121 Å². The molecule has 0 spiro atoms. The molecule has 0 aliphatic carbocycles. The third-order valence-electron chi connectivity index (χ3n) is 3.63. The van der Waals surface area contributed by atoms with Crippen molar-refractivity contribution in [1.29, 1.82) is 0 Å². The van der Waals surface area contributed by atoms with Crippen LogP contribution in [0.1, 0.15) is 39.4 Å². The number of carboxylic acids is 1. The van der Waals surface area contributed by atoms with Crippen LogP contribution in [0.15, 0.2) is 27.8 Å². The normalized spacial score (nSPS) is 10.2. The summed E-state index contributed by atoms with van der Waals surface area (Å²) in [6.45, 7) is 4.28. The summed E-state index contributed by atoms with van der Waals surface area (Å²) in [5.74, 6) is 0.295. The van der Waals surface area contributed by atoms with Gasteiger partial charge in [-0.3, -0.25) is 0 Å². The summed E-state index contributed by atoms with van der Waals surface area (Å²) in [5.41, 5.74) is 10.9. The van der Waals surface area contributed by atoms with E-state index in [9.17, 15) is 4.79 Å². The van der Waals surface area contributed by atoms with Gasteiger partial charge in [0, 0.05) is 11.5 Å². The first-order valence-corrected chi connectivity index (χ1v) is 7.44. The van der Waals surface area contributed by atoms with Crippen molar-refractivity contribution in [2.24, 2.45) is 5.11 Å². The van der Waals surface area contributed by atoms with Crippen LogP contribution in [-0.2, 0) is 13.0 Å². The van der Waals surface area contributed by atoms with Crippen molar-refractivity contribution in [2.75, 3.05) is 6.54 Å². The Morgan fingerprint density at radius 2 is 2.25 bits per heavy atom. The fraction of sp³-hybridized carbons (Fsp3) is 0.375. The second-order valence-electron chi connectivity index (χ2n) is 5.28. The lowest BCUT2D eigenvalue weighted by atomic mass is 10.0. The maximum atomic E-state index is 11.1. The van der Waals surface area contributed by atoms with E-state index in [0.29, 0.717) is 30.9 Å². The van der Waals surface area contributed by atoms with Crippen LogP contribution in [-0.4, -0.2) is 22.8 Å². The van der Waals surface area contributed by atoms with E-state index < -0.39 is 5.97 Å². The molecule has 0 radical (unpaired) electrons. The highest BCUT2D eigenvalue weighted by Crippen LogP contribution is 2.24. The Bertz CT molecular complexity index is 759. The summed E-state index contributed by atoms with van der Waals surface area (Å²) in [4.78, 5) is 13.9. The molecule has 126 valence electrons. The number of rotatable bonds is 8. The van der Waals surface area contributed by atoms with E-state index in [1.54, 1.807) is 12.1 Å². The minimum Gasteiger partial charge on any atom is -0.488 e. The first-order valence-electron chi connectivity index (χ1n) is 7.44. The van der Waals surface area contributed by atoms with E-state index in [-0.39, 0.29) is 12.2 Å². The molecule has 1 N–H and O–H groups in total. The molecular weight excluding hydrogens is 312 g/mol. The number of azide groups is 1. The van der Waals surface area contributed by atoms with Crippen molar-refractivity contribution >= 4 is 5.97 Å². The molecule has 2 rings (SSSR count). The van der Waals surface area contributed by atoms with Gasteiger partial charge in [0.05, 0.1) is 16.8 Å². The first kappa shape index (κ1) is 17.4. The number of aromatic carboxylic acids is 1. The summed E-state index contributed by atoms with van der Waals surface area (Å²) in [7, 11) is 0. The molecule has 8 heteroatoms. The zero-order valence-electron chi connectivity index (χ0n) is 13.5. The van der Waals surface area contributed by atoms with Gasteiger partial charge >= 0.3 is 5.97 Å². The molecule has 1 aromatic carbocycles. The number of carboxylic acid groups (broad SMARTS) is 1. The fourth-order valence-electron chi connectivity index (χ4n) is 2.29. The monoisotopic (exact) mass is 330 g/mol. The number of carbonyl (C=O) groups is 1. The van der Waals surface area contributed by atoms with E-state index in [1.165, 1.54) is 6.07 Å². The second-order valence-corrected chi connectivity index (χ2v) is 5.28. The van der Waals surface area contributed by atoms with E-state index >= 15 is 0 Å². The van der Waals surface area contributed by atoms with Gasteiger partial charge in [-0.15, -0.1) is 0 Å². The summed E-state index contributed by atoms with van der Waals surface area (Å²) in [5, 5.41) is 16.5. The SMILES string of the molecule is Cc1noc(C)c1COc1ccc(C(=O)O)cc1CCCN=[N+]=[N-]. The Morgan fingerprint density at radius 1 is 1.46 bits per heavy atom. The van der Waals surface area contributed by atoms with Crippen molar-refractivity contribution in [3.8, 4) is 5.75 Å².